The Bertz CT molecular complexity index is 771. The normalized spacial score (nSPS) is 15.5. The van der Waals surface area contributed by atoms with E-state index in [1.807, 2.05) is 0 Å². The largest absolute Gasteiger partial charge is 0.395 e. The lowest BCUT2D eigenvalue weighted by Crippen LogP contribution is -2.44. The number of piperazine rings is 1. The molecule has 1 fully saturated rings. The first-order valence-electron chi connectivity index (χ1n) is 7.69. The lowest BCUT2D eigenvalue weighted by Gasteiger charge is -2.35. The van der Waals surface area contributed by atoms with Crippen molar-refractivity contribution in [1.82, 2.24) is 9.88 Å². The van der Waals surface area contributed by atoms with Crippen LogP contribution in [0.25, 0.3) is 11.1 Å². The molecule has 0 amide bonds. The Balaban J connectivity index is 2.12. The van der Waals surface area contributed by atoms with Crippen molar-refractivity contribution in [1.29, 1.82) is 0 Å². The number of nitrogen functional groups attached to an aromatic ring is 2. The third kappa shape index (κ3) is 2.95. The van der Waals surface area contributed by atoms with E-state index >= 15 is 0 Å². The number of rotatable bonds is 3. The Hall–Kier alpha value is -2.87. The molecular weight excluding hydrogens is 308 g/mol. The van der Waals surface area contributed by atoms with Crippen molar-refractivity contribution in [3.8, 4) is 11.1 Å². The molecule has 1 aromatic carbocycles. The van der Waals surface area contributed by atoms with Gasteiger partial charge in [0.2, 0.25) is 0 Å². The van der Waals surface area contributed by atoms with Crippen LogP contribution in [0.2, 0.25) is 0 Å². The summed E-state index contributed by atoms with van der Waals surface area (Å²) in [5.74, 6) is 0.225. The van der Waals surface area contributed by atoms with Gasteiger partial charge in [0.15, 0.2) is 0 Å². The van der Waals surface area contributed by atoms with Crippen LogP contribution < -0.4 is 16.4 Å². The molecule has 126 valence electrons. The number of nitro groups is 1. The molecule has 0 radical (unpaired) electrons. The van der Waals surface area contributed by atoms with Crippen molar-refractivity contribution in [3.05, 3.63) is 40.6 Å². The average Bonchev–Trinajstić information content (AvgIpc) is 2.57. The highest BCUT2D eigenvalue weighted by molar-refractivity contribution is 5.90. The fourth-order valence-electron chi connectivity index (χ4n) is 2.90. The average molecular weight is 328 g/mol. The smallest absolute Gasteiger partial charge is 0.270 e. The zero-order valence-corrected chi connectivity index (χ0v) is 13.5. The van der Waals surface area contributed by atoms with Crippen molar-refractivity contribution in [2.24, 2.45) is 0 Å². The number of likely N-dealkylation sites (N-methyl/N-ethyl adjacent to an activating group) is 1. The summed E-state index contributed by atoms with van der Waals surface area (Å²) in [5.41, 5.74) is 14.6. The Kier molecular flexibility index (Phi) is 4.22. The molecule has 24 heavy (non-hydrogen) atoms. The Morgan fingerprint density at radius 2 is 1.83 bits per heavy atom. The molecule has 8 heteroatoms. The van der Waals surface area contributed by atoms with E-state index in [9.17, 15) is 10.1 Å². The number of anilines is 3. The molecule has 1 saturated heterocycles. The number of hydrogen-bond acceptors (Lipinski definition) is 7. The third-order valence-corrected chi connectivity index (χ3v) is 4.35. The maximum Gasteiger partial charge on any atom is 0.270 e. The van der Waals surface area contributed by atoms with Crippen LogP contribution in [0.5, 0.6) is 0 Å². The van der Waals surface area contributed by atoms with Gasteiger partial charge in [-0.15, -0.1) is 0 Å². The molecule has 0 aliphatic carbocycles. The first-order valence-corrected chi connectivity index (χ1v) is 7.69. The highest BCUT2D eigenvalue weighted by atomic mass is 16.6. The third-order valence-electron chi connectivity index (χ3n) is 4.35. The van der Waals surface area contributed by atoms with Crippen LogP contribution in [0.4, 0.5) is 22.9 Å². The molecule has 8 nitrogen and oxygen atoms in total. The SMILES string of the molecule is CN1CCN(c2ccc([N+](=O)[O-])cc2-c2ccnc(N)c2N)CC1. The van der Waals surface area contributed by atoms with Crippen molar-refractivity contribution >= 4 is 22.9 Å². The minimum atomic E-state index is -0.405. The number of nitrogens with two attached hydrogens (primary N) is 2. The Labute approximate surface area is 139 Å². The molecule has 0 spiro atoms. The molecule has 0 atom stereocenters. The first-order chi connectivity index (χ1) is 11.5. The molecule has 1 aliphatic rings. The molecule has 2 heterocycles. The summed E-state index contributed by atoms with van der Waals surface area (Å²) in [6, 6.07) is 6.61. The molecule has 0 bridgehead atoms. The zero-order chi connectivity index (χ0) is 17.3. The number of hydrogen-bond donors (Lipinski definition) is 2. The standard InChI is InChI=1S/C16H20N6O2/c1-20-6-8-21(9-7-20)14-3-2-11(22(23)24)10-13(14)12-4-5-19-16(18)15(12)17/h2-5,10H,6-9,17H2,1H3,(H2,18,19). The molecule has 1 aliphatic heterocycles. The summed E-state index contributed by atoms with van der Waals surface area (Å²) in [6.45, 7) is 3.57. The van der Waals surface area contributed by atoms with Crippen molar-refractivity contribution in [2.75, 3.05) is 49.6 Å². The maximum atomic E-state index is 11.2. The highest BCUT2D eigenvalue weighted by Gasteiger charge is 2.21. The predicted octanol–water partition coefficient (Wildman–Crippen LogP) is 1.57. The maximum absolute atomic E-state index is 11.2. The van der Waals surface area contributed by atoms with Crippen LogP contribution in [0.3, 0.4) is 0 Å². The summed E-state index contributed by atoms with van der Waals surface area (Å²) >= 11 is 0. The Morgan fingerprint density at radius 3 is 2.50 bits per heavy atom. The lowest BCUT2D eigenvalue weighted by molar-refractivity contribution is -0.384. The van der Waals surface area contributed by atoms with Gasteiger partial charge in [-0.05, 0) is 19.2 Å². The van der Waals surface area contributed by atoms with Gasteiger partial charge in [0.25, 0.3) is 5.69 Å². The van der Waals surface area contributed by atoms with Gasteiger partial charge in [-0.2, -0.15) is 0 Å². The van der Waals surface area contributed by atoms with Gasteiger partial charge in [-0.1, -0.05) is 0 Å². The quantitative estimate of drug-likeness (QED) is 0.649. The summed E-state index contributed by atoms with van der Waals surface area (Å²) in [5, 5.41) is 11.2. The van der Waals surface area contributed by atoms with E-state index in [-0.39, 0.29) is 11.5 Å². The second-order valence-corrected chi connectivity index (χ2v) is 5.91. The minimum absolute atomic E-state index is 0.0256. The van der Waals surface area contributed by atoms with E-state index in [4.69, 9.17) is 11.5 Å². The van der Waals surface area contributed by atoms with Gasteiger partial charge in [0, 0.05) is 61.3 Å². The van der Waals surface area contributed by atoms with E-state index in [1.165, 1.54) is 6.07 Å². The minimum Gasteiger partial charge on any atom is -0.395 e. The molecular formula is C16H20N6O2. The highest BCUT2D eigenvalue weighted by Crippen LogP contribution is 2.38. The summed E-state index contributed by atoms with van der Waals surface area (Å²) in [7, 11) is 2.08. The first kappa shape index (κ1) is 16.0. The van der Waals surface area contributed by atoms with Gasteiger partial charge in [0.1, 0.15) is 5.82 Å². The number of non-ortho nitro benzene ring substituents is 1. The topological polar surface area (TPSA) is 115 Å². The molecule has 3 rings (SSSR count). The second-order valence-electron chi connectivity index (χ2n) is 5.91. The monoisotopic (exact) mass is 328 g/mol. The van der Waals surface area contributed by atoms with Gasteiger partial charge in [0.05, 0.1) is 10.6 Å². The van der Waals surface area contributed by atoms with Crippen LogP contribution in [-0.4, -0.2) is 48.0 Å². The number of nitrogens with zero attached hydrogens (tertiary/aromatic N) is 4. The number of pyridine rings is 1. The van der Waals surface area contributed by atoms with Gasteiger partial charge in [-0.3, -0.25) is 10.1 Å². The fraction of sp³-hybridized carbons (Fsp3) is 0.312. The van der Waals surface area contributed by atoms with Crippen molar-refractivity contribution in [3.63, 3.8) is 0 Å². The molecule has 1 aromatic heterocycles. The number of nitro benzene ring substituents is 1. The lowest BCUT2D eigenvalue weighted by atomic mass is 10.0. The molecule has 4 N–H and O–H groups in total. The van der Waals surface area contributed by atoms with Crippen LogP contribution in [0.15, 0.2) is 30.5 Å². The van der Waals surface area contributed by atoms with E-state index in [1.54, 1.807) is 24.4 Å². The molecule has 0 saturated carbocycles. The van der Waals surface area contributed by atoms with E-state index in [0.29, 0.717) is 16.8 Å². The van der Waals surface area contributed by atoms with Crippen molar-refractivity contribution < 1.29 is 4.92 Å². The van der Waals surface area contributed by atoms with Crippen LogP contribution in [0.1, 0.15) is 0 Å². The van der Waals surface area contributed by atoms with Crippen LogP contribution >= 0.6 is 0 Å². The summed E-state index contributed by atoms with van der Waals surface area (Å²) in [4.78, 5) is 19.2. The van der Waals surface area contributed by atoms with E-state index < -0.39 is 4.92 Å². The van der Waals surface area contributed by atoms with E-state index in [0.717, 1.165) is 31.9 Å². The number of aromatic nitrogens is 1. The summed E-state index contributed by atoms with van der Waals surface area (Å²) < 4.78 is 0. The second kappa shape index (κ2) is 6.32. The number of benzene rings is 1. The zero-order valence-electron chi connectivity index (χ0n) is 13.5. The van der Waals surface area contributed by atoms with Gasteiger partial charge < -0.3 is 21.3 Å². The Morgan fingerprint density at radius 1 is 1.12 bits per heavy atom. The fourth-order valence-corrected chi connectivity index (χ4v) is 2.90. The van der Waals surface area contributed by atoms with Gasteiger partial charge >= 0.3 is 0 Å². The van der Waals surface area contributed by atoms with E-state index in [2.05, 4.69) is 21.8 Å². The van der Waals surface area contributed by atoms with Crippen LogP contribution in [0, 0.1) is 10.1 Å². The molecule has 2 aromatic rings. The van der Waals surface area contributed by atoms with Gasteiger partial charge in [-0.25, -0.2) is 4.98 Å². The predicted molar refractivity (Wildman–Crippen MR) is 94.9 cm³/mol. The molecule has 0 unspecified atom stereocenters. The van der Waals surface area contributed by atoms with Crippen molar-refractivity contribution in [2.45, 2.75) is 0 Å². The van der Waals surface area contributed by atoms with Crippen LogP contribution in [-0.2, 0) is 0 Å². The summed E-state index contributed by atoms with van der Waals surface area (Å²) in [6.07, 6.45) is 1.56.